The third kappa shape index (κ3) is 4.87. The fraction of sp³-hybridized carbons (Fsp3) is 1.00. The van der Waals surface area contributed by atoms with Gasteiger partial charge >= 0.3 is 0 Å². The molecule has 0 aliphatic heterocycles. The molecule has 2 unspecified atom stereocenters. The van der Waals surface area contributed by atoms with Gasteiger partial charge in [-0.3, -0.25) is 4.90 Å². The number of rotatable bonds is 6. The molecule has 0 aromatic carbocycles. The van der Waals surface area contributed by atoms with Crippen LogP contribution in [0.5, 0.6) is 0 Å². The van der Waals surface area contributed by atoms with Crippen LogP contribution in [0.3, 0.4) is 0 Å². The van der Waals surface area contributed by atoms with Gasteiger partial charge in [-0.25, -0.2) is 0 Å². The average molecular weight is 256 g/mol. The van der Waals surface area contributed by atoms with Crippen LogP contribution in [0.1, 0.15) is 53.4 Å². The molecule has 0 aromatic heterocycles. The molecule has 3 N–H and O–H groups in total. The molecule has 0 amide bonds. The van der Waals surface area contributed by atoms with Crippen LogP contribution < -0.4 is 5.73 Å². The van der Waals surface area contributed by atoms with E-state index in [9.17, 15) is 5.11 Å². The minimum absolute atomic E-state index is 0.126. The Morgan fingerprint density at radius 2 is 1.78 bits per heavy atom. The lowest BCUT2D eigenvalue weighted by Crippen LogP contribution is -2.54. The summed E-state index contributed by atoms with van der Waals surface area (Å²) in [6, 6.07) is 0.556. The van der Waals surface area contributed by atoms with Crippen molar-refractivity contribution < 1.29 is 5.11 Å². The first kappa shape index (κ1) is 15.9. The summed E-state index contributed by atoms with van der Waals surface area (Å²) < 4.78 is 0. The van der Waals surface area contributed by atoms with Crippen molar-refractivity contribution in [3.05, 3.63) is 0 Å². The lowest BCUT2D eigenvalue weighted by Gasteiger charge is -2.43. The molecule has 0 bridgehead atoms. The monoisotopic (exact) mass is 256 g/mol. The van der Waals surface area contributed by atoms with Gasteiger partial charge in [0.2, 0.25) is 0 Å². The maximum Gasteiger partial charge on any atom is 0.0611 e. The van der Waals surface area contributed by atoms with Gasteiger partial charge in [-0.05, 0) is 37.5 Å². The summed E-state index contributed by atoms with van der Waals surface area (Å²) in [6.07, 6.45) is 4.30. The van der Waals surface area contributed by atoms with E-state index in [2.05, 4.69) is 32.6 Å². The molecule has 1 fully saturated rings. The van der Waals surface area contributed by atoms with Gasteiger partial charge in [0.25, 0.3) is 0 Å². The van der Waals surface area contributed by atoms with Crippen molar-refractivity contribution in [2.45, 2.75) is 65.0 Å². The summed E-state index contributed by atoms with van der Waals surface area (Å²) in [7, 11) is 0. The van der Waals surface area contributed by atoms with Crippen LogP contribution in [0.4, 0.5) is 0 Å². The molecule has 3 heteroatoms. The molecule has 0 radical (unpaired) electrons. The zero-order valence-electron chi connectivity index (χ0n) is 12.7. The quantitative estimate of drug-likeness (QED) is 0.766. The van der Waals surface area contributed by atoms with Crippen molar-refractivity contribution in [2.75, 3.05) is 19.7 Å². The minimum atomic E-state index is -0.338. The molecule has 0 saturated heterocycles. The lowest BCUT2D eigenvalue weighted by molar-refractivity contribution is 0.0673. The molecule has 18 heavy (non-hydrogen) atoms. The maximum atomic E-state index is 9.47. The smallest absolute Gasteiger partial charge is 0.0611 e. The highest BCUT2D eigenvalue weighted by Crippen LogP contribution is 2.30. The van der Waals surface area contributed by atoms with Crippen molar-refractivity contribution in [3.63, 3.8) is 0 Å². The predicted molar refractivity (Wildman–Crippen MR) is 77.5 cm³/mol. The molecule has 0 aromatic rings. The Balaban J connectivity index is 2.65. The second kappa shape index (κ2) is 6.88. The molecule has 1 aliphatic carbocycles. The zero-order chi connectivity index (χ0) is 13.8. The second-order valence-corrected chi connectivity index (χ2v) is 7.01. The highest BCUT2D eigenvalue weighted by atomic mass is 16.3. The Hall–Kier alpha value is -0.120. The van der Waals surface area contributed by atoms with E-state index < -0.39 is 0 Å². The van der Waals surface area contributed by atoms with E-state index in [1.165, 1.54) is 6.42 Å². The summed E-state index contributed by atoms with van der Waals surface area (Å²) in [5.74, 6) is 1.37. The topological polar surface area (TPSA) is 49.5 Å². The number of aliphatic hydroxyl groups is 1. The Labute approximate surface area is 113 Å². The van der Waals surface area contributed by atoms with Crippen LogP contribution in [0.25, 0.3) is 0 Å². The number of hydrogen-bond donors (Lipinski definition) is 2. The summed E-state index contributed by atoms with van der Waals surface area (Å²) in [6.45, 7) is 11.5. The van der Waals surface area contributed by atoms with E-state index in [0.29, 0.717) is 17.9 Å². The minimum Gasteiger partial charge on any atom is -0.394 e. The first-order valence-corrected chi connectivity index (χ1v) is 7.50. The Morgan fingerprint density at radius 3 is 2.22 bits per heavy atom. The molecule has 1 aliphatic rings. The molecule has 0 heterocycles. The van der Waals surface area contributed by atoms with Crippen molar-refractivity contribution in [2.24, 2.45) is 17.6 Å². The Bertz CT molecular complexity index is 233. The van der Waals surface area contributed by atoms with E-state index in [4.69, 9.17) is 5.73 Å². The van der Waals surface area contributed by atoms with Gasteiger partial charge < -0.3 is 10.8 Å². The van der Waals surface area contributed by atoms with Gasteiger partial charge in [-0.2, -0.15) is 0 Å². The average Bonchev–Trinajstić information content (AvgIpc) is 2.27. The van der Waals surface area contributed by atoms with Crippen LogP contribution in [-0.2, 0) is 0 Å². The summed E-state index contributed by atoms with van der Waals surface area (Å²) in [4.78, 5) is 2.60. The van der Waals surface area contributed by atoms with Crippen molar-refractivity contribution in [3.8, 4) is 0 Å². The summed E-state index contributed by atoms with van der Waals surface area (Å²) >= 11 is 0. The standard InChI is InChI=1S/C15H32N2O/c1-12(2)9-17(10-13(3)4)14-6-5-7-15(16,8-14)11-18/h12-14,18H,5-11,16H2,1-4H3. The van der Waals surface area contributed by atoms with E-state index in [1.807, 2.05) is 0 Å². The molecule has 1 saturated carbocycles. The van der Waals surface area contributed by atoms with E-state index >= 15 is 0 Å². The number of nitrogens with two attached hydrogens (primary N) is 1. The first-order valence-electron chi connectivity index (χ1n) is 7.50. The number of nitrogens with zero attached hydrogens (tertiary/aromatic N) is 1. The van der Waals surface area contributed by atoms with Crippen molar-refractivity contribution in [1.29, 1.82) is 0 Å². The largest absolute Gasteiger partial charge is 0.394 e. The predicted octanol–water partition coefficient (Wildman–Crippen LogP) is 2.23. The van der Waals surface area contributed by atoms with E-state index in [-0.39, 0.29) is 12.1 Å². The van der Waals surface area contributed by atoms with Gasteiger partial charge in [-0.15, -0.1) is 0 Å². The van der Waals surface area contributed by atoms with Crippen LogP contribution in [0.15, 0.2) is 0 Å². The van der Waals surface area contributed by atoms with Gasteiger partial charge in [0.05, 0.1) is 6.61 Å². The maximum absolute atomic E-state index is 9.47. The fourth-order valence-corrected chi connectivity index (χ4v) is 3.13. The van der Waals surface area contributed by atoms with E-state index in [0.717, 1.165) is 32.4 Å². The molecular formula is C15H32N2O. The van der Waals surface area contributed by atoms with E-state index in [1.54, 1.807) is 0 Å². The van der Waals surface area contributed by atoms with Gasteiger partial charge in [0.15, 0.2) is 0 Å². The summed E-state index contributed by atoms with van der Waals surface area (Å²) in [5, 5.41) is 9.47. The third-order valence-electron chi connectivity index (χ3n) is 3.88. The Morgan fingerprint density at radius 1 is 1.22 bits per heavy atom. The highest BCUT2D eigenvalue weighted by Gasteiger charge is 2.35. The van der Waals surface area contributed by atoms with Crippen LogP contribution >= 0.6 is 0 Å². The van der Waals surface area contributed by atoms with Crippen LogP contribution in [0.2, 0.25) is 0 Å². The molecule has 108 valence electrons. The first-order chi connectivity index (χ1) is 8.36. The van der Waals surface area contributed by atoms with Crippen LogP contribution in [0, 0.1) is 11.8 Å². The van der Waals surface area contributed by atoms with Crippen molar-refractivity contribution >= 4 is 0 Å². The van der Waals surface area contributed by atoms with Gasteiger partial charge in [-0.1, -0.05) is 27.7 Å². The molecule has 3 nitrogen and oxygen atoms in total. The molecule has 1 rings (SSSR count). The SMILES string of the molecule is CC(C)CN(CC(C)C)C1CCCC(N)(CO)C1. The third-order valence-corrected chi connectivity index (χ3v) is 3.88. The number of hydrogen-bond acceptors (Lipinski definition) is 3. The zero-order valence-corrected chi connectivity index (χ0v) is 12.7. The molecule has 2 atom stereocenters. The molecule has 0 spiro atoms. The summed E-state index contributed by atoms with van der Waals surface area (Å²) in [5.41, 5.74) is 5.93. The number of aliphatic hydroxyl groups excluding tert-OH is 1. The van der Waals surface area contributed by atoms with Crippen LogP contribution in [-0.4, -0.2) is 41.3 Å². The second-order valence-electron chi connectivity index (χ2n) is 7.01. The lowest BCUT2D eigenvalue weighted by atomic mass is 9.79. The van der Waals surface area contributed by atoms with Gasteiger partial charge in [0, 0.05) is 24.7 Å². The fourth-order valence-electron chi connectivity index (χ4n) is 3.13. The normalized spacial score (nSPS) is 29.5. The molecular weight excluding hydrogens is 224 g/mol. The Kier molecular flexibility index (Phi) is 6.09. The van der Waals surface area contributed by atoms with Crippen molar-refractivity contribution in [1.82, 2.24) is 4.90 Å². The highest BCUT2D eigenvalue weighted by molar-refractivity contribution is 4.94. The van der Waals surface area contributed by atoms with Gasteiger partial charge in [0.1, 0.15) is 0 Å².